The van der Waals surface area contributed by atoms with E-state index in [0.29, 0.717) is 6.07 Å². The van der Waals surface area contributed by atoms with E-state index in [9.17, 15) is 26.4 Å². The van der Waals surface area contributed by atoms with Gasteiger partial charge in [0.1, 0.15) is 0 Å². The fourth-order valence-corrected chi connectivity index (χ4v) is 2.50. The molecule has 0 aliphatic carbocycles. The SMILES string of the molecule is O=C(O)CS(=O)(=O)c1ccccc1C(F)(F)F. The maximum Gasteiger partial charge on any atom is 0.417 e. The number of rotatable bonds is 3. The molecule has 0 amide bonds. The molecule has 94 valence electrons. The molecule has 0 atom stereocenters. The van der Waals surface area contributed by atoms with E-state index in [-0.39, 0.29) is 0 Å². The van der Waals surface area contributed by atoms with Gasteiger partial charge >= 0.3 is 12.1 Å². The van der Waals surface area contributed by atoms with Crippen LogP contribution in [-0.2, 0) is 20.8 Å². The Hall–Kier alpha value is -1.57. The average Bonchev–Trinajstić information content (AvgIpc) is 2.14. The van der Waals surface area contributed by atoms with E-state index in [1.165, 1.54) is 0 Å². The van der Waals surface area contributed by atoms with Gasteiger partial charge < -0.3 is 5.11 Å². The predicted molar refractivity (Wildman–Crippen MR) is 51.1 cm³/mol. The summed E-state index contributed by atoms with van der Waals surface area (Å²) in [5.41, 5.74) is -1.36. The topological polar surface area (TPSA) is 71.4 Å². The lowest BCUT2D eigenvalue weighted by Crippen LogP contribution is -2.19. The third-order valence-electron chi connectivity index (χ3n) is 1.84. The minimum absolute atomic E-state index is 0.592. The summed E-state index contributed by atoms with van der Waals surface area (Å²) in [7, 11) is -4.49. The minimum Gasteiger partial charge on any atom is -0.480 e. The molecule has 0 aliphatic rings. The normalized spacial score (nSPS) is 12.4. The van der Waals surface area contributed by atoms with Gasteiger partial charge in [0.2, 0.25) is 0 Å². The van der Waals surface area contributed by atoms with Gasteiger partial charge in [-0.2, -0.15) is 13.2 Å². The number of hydrogen-bond donors (Lipinski definition) is 1. The van der Waals surface area contributed by atoms with Crippen LogP contribution in [0.1, 0.15) is 5.56 Å². The molecule has 0 fully saturated rings. The predicted octanol–water partition coefficient (Wildman–Crippen LogP) is 1.56. The molecule has 1 rings (SSSR count). The molecule has 0 radical (unpaired) electrons. The summed E-state index contributed by atoms with van der Waals surface area (Å²) in [6.07, 6.45) is -4.85. The number of benzene rings is 1. The van der Waals surface area contributed by atoms with Crippen LogP contribution in [0.3, 0.4) is 0 Å². The Morgan fingerprint density at radius 1 is 1.24 bits per heavy atom. The van der Waals surface area contributed by atoms with Gasteiger partial charge in [0, 0.05) is 0 Å². The second-order valence-electron chi connectivity index (χ2n) is 3.15. The Morgan fingerprint density at radius 3 is 2.24 bits per heavy atom. The van der Waals surface area contributed by atoms with Crippen LogP contribution in [0, 0.1) is 0 Å². The van der Waals surface area contributed by atoms with Crippen LogP contribution >= 0.6 is 0 Å². The van der Waals surface area contributed by atoms with Gasteiger partial charge in [-0.15, -0.1) is 0 Å². The van der Waals surface area contributed by atoms with Crippen LogP contribution in [-0.4, -0.2) is 25.2 Å². The van der Waals surface area contributed by atoms with Crippen molar-refractivity contribution in [1.82, 2.24) is 0 Å². The molecule has 0 saturated heterocycles. The summed E-state index contributed by atoms with van der Waals surface area (Å²) in [6.45, 7) is 0. The van der Waals surface area contributed by atoms with Crippen LogP contribution < -0.4 is 0 Å². The lowest BCUT2D eigenvalue weighted by Gasteiger charge is -2.11. The van der Waals surface area contributed by atoms with E-state index < -0.39 is 38.2 Å². The molecule has 0 heterocycles. The zero-order valence-corrected chi connectivity index (χ0v) is 9.05. The minimum atomic E-state index is -4.85. The molecule has 0 unspecified atom stereocenters. The highest BCUT2D eigenvalue weighted by molar-refractivity contribution is 7.92. The Morgan fingerprint density at radius 2 is 1.76 bits per heavy atom. The van der Waals surface area contributed by atoms with Crippen LogP contribution in [0.5, 0.6) is 0 Å². The Kier molecular flexibility index (Phi) is 3.46. The van der Waals surface area contributed by atoms with E-state index in [1.807, 2.05) is 0 Å². The number of sulfone groups is 1. The van der Waals surface area contributed by atoms with Crippen molar-refractivity contribution in [1.29, 1.82) is 0 Å². The van der Waals surface area contributed by atoms with Crippen molar-refractivity contribution in [2.75, 3.05) is 5.75 Å². The molecule has 8 heteroatoms. The fraction of sp³-hybridized carbons (Fsp3) is 0.222. The highest BCUT2D eigenvalue weighted by Gasteiger charge is 2.37. The summed E-state index contributed by atoms with van der Waals surface area (Å²) in [4.78, 5) is 9.27. The van der Waals surface area contributed by atoms with Gasteiger partial charge in [0.25, 0.3) is 0 Å². The lowest BCUT2D eigenvalue weighted by atomic mass is 10.2. The first-order chi connectivity index (χ1) is 7.64. The van der Waals surface area contributed by atoms with E-state index in [4.69, 9.17) is 5.11 Å². The van der Waals surface area contributed by atoms with E-state index in [0.717, 1.165) is 18.2 Å². The van der Waals surface area contributed by atoms with Gasteiger partial charge in [-0.05, 0) is 12.1 Å². The Balaban J connectivity index is 3.38. The summed E-state index contributed by atoms with van der Waals surface area (Å²) >= 11 is 0. The van der Waals surface area contributed by atoms with E-state index in [1.54, 1.807) is 0 Å². The molecular weight excluding hydrogens is 261 g/mol. The summed E-state index contributed by atoms with van der Waals surface area (Å²) in [5.74, 6) is -3.08. The van der Waals surface area contributed by atoms with Gasteiger partial charge in [-0.3, -0.25) is 4.79 Å². The molecule has 0 spiro atoms. The number of carboxylic acids is 1. The summed E-state index contributed by atoms with van der Waals surface area (Å²) in [5, 5.41) is 8.34. The molecule has 0 saturated carbocycles. The van der Waals surface area contributed by atoms with Crippen LogP contribution in [0.25, 0.3) is 0 Å². The third-order valence-corrected chi connectivity index (χ3v) is 3.49. The molecular formula is C9H7F3O4S. The maximum absolute atomic E-state index is 12.5. The average molecular weight is 268 g/mol. The van der Waals surface area contributed by atoms with Crippen LogP contribution in [0.15, 0.2) is 29.2 Å². The first-order valence-electron chi connectivity index (χ1n) is 4.25. The van der Waals surface area contributed by atoms with E-state index >= 15 is 0 Å². The lowest BCUT2D eigenvalue weighted by molar-refractivity contribution is -0.140. The highest BCUT2D eigenvalue weighted by atomic mass is 32.2. The molecule has 1 aromatic carbocycles. The third kappa shape index (κ3) is 3.19. The number of carbonyl (C=O) groups is 1. The maximum atomic E-state index is 12.5. The second-order valence-corrected chi connectivity index (χ2v) is 5.10. The summed E-state index contributed by atoms with van der Waals surface area (Å²) in [6, 6.07) is 3.46. The van der Waals surface area contributed by atoms with Crippen molar-refractivity contribution >= 4 is 15.8 Å². The molecule has 0 aromatic heterocycles. The number of carboxylic acid groups (broad SMARTS) is 1. The van der Waals surface area contributed by atoms with Crippen molar-refractivity contribution in [2.45, 2.75) is 11.1 Å². The summed E-state index contributed by atoms with van der Waals surface area (Å²) < 4.78 is 60.4. The van der Waals surface area contributed by atoms with Crippen molar-refractivity contribution in [2.24, 2.45) is 0 Å². The molecule has 0 aliphatic heterocycles. The van der Waals surface area contributed by atoms with Crippen molar-refractivity contribution in [3.05, 3.63) is 29.8 Å². The van der Waals surface area contributed by atoms with Crippen molar-refractivity contribution < 1.29 is 31.5 Å². The quantitative estimate of drug-likeness (QED) is 0.903. The first kappa shape index (κ1) is 13.5. The Labute approximate surface area is 94.6 Å². The van der Waals surface area contributed by atoms with Gasteiger partial charge in [-0.1, -0.05) is 12.1 Å². The molecule has 17 heavy (non-hydrogen) atoms. The van der Waals surface area contributed by atoms with Crippen molar-refractivity contribution in [3.8, 4) is 0 Å². The van der Waals surface area contributed by atoms with Gasteiger partial charge in [0.15, 0.2) is 15.6 Å². The molecule has 0 bridgehead atoms. The smallest absolute Gasteiger partial charge is 0.417 e. The standard InChI is InChI=1S/C9H7F3O4S/c10-9(11,12)6-3-1-2-4-7(6)17(15,16)5-8(13)14/h1-4H,5H2,(H,13,14). The van der Waals surface area contributed by atoms with Gasteiger partial charge in [0.05, 0.1) is 10.5 Å². The zero-order chi connectivity index (χ0) is 13.3. The number of halogens is 3. The number of hydrogen-bond acceptors (Lipinski definition) is 3. The molecule has 4 nitrogen and oxygen atoms in total. The van der Waals surface area contributed by atoms with Crippen LogP contribution in [0.4, 0.5) is 13.2 Å². The second kappa shape index (κ2) is 4.36. The largest absolute Gasteiger partial charge is 0.480 e. The number of alkyl halides is 3. The Bertz CT molecular complexity index is 533. The monoisotopic (exact) mass is 268 g/mol. The highest BCUT2D eigenvalue weighted by Crippen LogP contribution is 2.34. The zero-order valence-electron chi connectivity index (χ0n) is 8.23. The van der Waals surface area contributed by atoms with Crippen molar-refractivity contribution in [3.63, 3.8) is 0 Å². The van der Waals surface area contributed by atoms with E-state index in [2.05, 4.69) is 0 Å². The fourth-order valence-electron chi connectivity index (χ4n) is 1.21. The first-order valence-corrected chi connectivity index (χ1v) is 5.90. The molecule has 1 N–H and O–H groups in total. The van der Waals surface area contributed by atoms with Gasteiger partial charge in [-0.25, -0.2) is 8.42 Å². The molecule has 1 aromatic rings. The number of aliphatic carboxylic acids is 1. The van der Waals surface area contributed by atoms with Crippen LogP contribution in [0.2, 0.25) is 0 Å².